The number of nitrogens with zero attached hydrogens (tertiary/aromatic N) is 2. The Bertz CT molecular complexity index is 352. The highest BCUT2D eigenvalue weighted by atomic mass is 35.5. The number of aromatic nitrogens is 2. The molecule has 0 spiro atoms. The summed E-state index contributed by atoms with van der Waals surface area (Å²) in [4.78, 5) is 19.1. The molecule has 1 aliphatic carbocycles. The monoisotopic (exact) mass is 211 g/mol. The van der Waals surface area contributed by atoms with E-state index in [1.165, 1.54) is 12.4 Å². The first kappa shape index (κ1) is 9.40. The maximum atomic E-state index is 11.4. The van der Waals surface area contributed by atoms with E-state index < -0.39 is 0 Å². The number of carbonyl (C=O) groups excluding carboxylic acids is 1. The van der Waals surface area contributed by atoms with Crippen LogP contribution in [-0.2, 0) is 4.79 Å². The van der Waals surface area contributed by atoms with Crippen molar-refractivity contribution in [2.45, 2.75) is 19.3 Å². The smallest absolute Gasteiger partial charge is 0.225 e. The molecule has 0 radical (unpaired) electrons. The highest BCUT2D eigenvalue weighted by molar-refractivity contribution is 6.32. The van der Waals surface area contributed by atoms with Gasteiger partial charge in [0.05, 0.1) is 0 Å². The normalized spacial score (nSPS) is 15.2. The lowest BCUT2D eigenvalue weighted by molar-refractivity contribution is -0.116. The summed E-state index contributed by atoms with van der Waals surface area (Å²) in [5.74, 6) is 0.875. The second-order valence-electron chi connectivity index (χ2n) is 3.39. The van der Waals surface area contributed by atoms with Gasteiger partial charge in [0, 0.05) is 18.8 Å². The van der Waals surface area contributed by atoms with Crippen LogP contribution in [0.5, 0.6) is 0 Å². The van der Waals surface area contributed by atoms with Crippen LogP contribution >= 0.6 is 11.6 Å². The second-order valence-corrected chi connectivity index (χ2v) is 3.75. The zero-order valence-electron chi connectivity index (χ0n) is 7.53. The number of amides is 1. The van der Waals surface area contributed by atoms with Gasteiger partial charge < -0.3 is 5.32 Å². The van der Waals surface area contributed by atoms with Crippen LogP contribution in [0.4, 0.5) is 5.82 Å². The van der Waals surface area contributed by atoms with Crippen LogP contribution in [0.3, 0.4) is 0 Å². The van der Waals surface area contributed by atoms with Crippen molar-refractivity contribution >= 4 is 23.3 Å². The van der Waals surface area contributed by atoms with Crippen molar-refractivity contribution in [2.24, 2.45) is 5.92 Å². The van der Waals surface area contributed by atoms with E-state index in [0.29, 0.717) is 18.2 Å². The number of carbonyl (C=O) groups is 1. The maximum absolute atomic E-state index is 11.4. The summed E-state index contributed by atoms with van der Waals surface area (Å²) in [5.41, 5.74) is 0. The Hall–Kier alpha value is -1.16. The van der Waals surface area contributed by atoms with Crippen LogP contribution in [0.2, 0.25) is 5.15 Å². The minimum absolute atomic E-state index is 0.0325. The first-order valence-corrected chi connectivity index (χ1v) is 4.90. The molecule has 4 nitrogen and oxygen atoms in total. The Balaban J connectivity index is 1.95. The molecule has 1 aromatic heterocycles. The van der Waals surface area contributed by atoms with E-state index in [4.69, 9.17) is 11.6 Å². The molecule has 0 unspecified atom stereocenters. The van der Waals surface area contributed by atoms with Crippen LogP contribution in [0.15, 0.2) is 12.4 Å². The van der Waals surface area contributed by atoms with Crippen molar-refractivity contribution in [1.82, 2.24) is 9.97 Å². The van der Waals surface area contributed by atoms with Gasteiger partial charge >= 0.3 is 0 Å². The van der Waals surface area contributed by atoms with Crippen LogP contribution in [-0.4, -0.2) is 15.9 Å². The lowest BCUT2D eigenvalue weighted by atomic mass is 10.3. The van der Waals surface area contributed by atoms with Gasteiger partial charge in [-0.1, -0.05) is 11.6 Å². The molecule has 1 fully saturated rings. The predicted molar refractivity (Wildman–Crippen MR) is 53.0 cm³/mol. The first-order chi connectivity index (χ1) is 6.75. The number of nitrogens with one attached hydrogen (secondary N) is 1. The van der Waals surface area contributed by atoms with Gasteiger partial charge in [-0.3, -0.25) is 4.79 Å². The molecule has 74 valence electrons. The molecule has 1 saturated carbocycles. The molecule has 1 N–H and O–H groups in total. The van der Waals surface area contributed by atoms with Crippen molar-refractivity contribution < 1.29 is 4.79 Å². The Morgan fingerprint density at radius 2 is 2.21 bits per heavy atom. The van der Waals surface area contributed by atoms with E-state index in [0.717, 1.165) is 12.8 Å². The highest BCUT2D eigenvalue weighted by Crippen LogP contribution is 2.32. The molecule has 0 bridgehead atoms. The number of rotatable bonds is 3. The summed E-state index contributed by atoms with van der Waals surface area (Å²) < 4.78 is 0. The van der Waals surface area contributed by atoms with Crippen LogP contribution < -0.4 is 5.32 Å². The fraction of sp³-hybridized carbons (Fsp3) is 0.444. The fourth-order valence-corrected chi connectivity index (χ4v) is 1.32. The molecule has 1 aromatic rings. The van der Waals surface area contributed by atoms with Crippen molar-refractivity contribution in [3.63, 3.8) is 0 Å². The molecule has 14 heavy (non-hydrogen) atoms. The summed E-state index contributed by atoms with van der Waals surface area (Å²) in [7, 11) is 0. The third-order valence-corrected chi connectivity index (χ3v) is 2.36. The van der Waals surface area contributed by atoms with Crippen molar-refractivity contribution in [1.29, 1.82) is 0 Å². The van der Waals surface area contributed by atoms with Gasteiger partial charge in [-0.15, -0.1) is 0 Å². The van der Waals surface area contributed by atoms with E-state index in [-0.39, 0.29) is 11.1 Å². The second kappa shape index (κ2) is 3.92. The van der Waals surface area contributed by atoms with Gasteiger partial charge in [0.15, 0.2) is 11.0 Å². The number of hydrogen-bond acceptors (Lipinski definition) is 3. The molecule has 0 aliphatic heterocycles. The molecule has 5 heteroatoms. The van der Waals surface area contributed by atoms with E-state index in [2.05, 4.69) is 15.3 Å². The van der Waals surface area contributed by atoms with Crippen LogP contribution in [0, 0.1) is 5.92 Å². The molecule has 0 saturated heterocycles. The van der Waals surface area contributed by atoms with Crippen LogP contribution in [0.1, 0.15) is 19.3 Å². The lowest BCUT2D eigenvalue weighted by Crippen LogP contribution is -2.13. The Morgan fingerprint density at radius 1 is 1.50 bits per heavy atom. The van der Waals surface area contributed by atoms with Gasteiger partial charge in [0.1, 0.15) is 0 Å². The summed E-state index contributed by atoms with van der Waals surface area (Å²) in [6.45, 7) is 0. The van der Waals surface area contributed by atoms with Crippen LogP contribution in [0.25, 0.3) is 0 Å². The van der Waals surface area contributed by atoms with E-state index in [1.54, 1.807) is 0 Å². The molecular weight excluding hydrogens is 202 g/mol. The standard InChI is InChI=1S/C9H10ClN3O/c10-8-9(12-4-3-11-8)13-7(14)5-6-1-2-6/h3-4,6H,1-2,5H2,(H,12,13,14). The molecule has 0 atom stereocenters. The molecule has 1 amide bonds. The SMILES string of the molecule is O=C(CC1CC1)Nc1nccnc1Cl. The Morgan fingerprint density at radius 3 is 2.86 bits per heavy atom. The molecule has 1 aliphatic rings. The van der Waals surface area contributed by atoms with E-state index in [1.807, 2.05) is 0 Å². The van der Waals surface area contributed by atoms with Crippen molar-refractivity contribution in [3.8, 4) is 0 Å². The summed E-state index contributed by atoms with van der Waals surface area (Å²) in [6.07, 6.45) is 5.85. The Kier molecular flexibility index (Phi) is 2.63. The van der Waals surface area contributed by atoms with E-state index >= 15 is 0 Å². The maximum Gasteiger partial charge on any atom is 0.225 e. The minimum atomic E-state index is -0.0325. The predicted octanol–water partition coefficient (Wildman–Crippen LogP) is 1.87. The summed E-state index contributed by atoms with van der Waals surface area (Å²) >= 11 is 5.73. The van der Waals surface area contributed by atoms with Crippen molar-refractivity contribution in [3.05, 3.63) is 17.5 Å². The topological polar surface area (TPSA) is 54.9 Å². The number of halogens is 1. The molecule has 2 rings (SSSR count). The zero-order valence-corrected chi connectivity index (χ0v) is 8.29. The summed E-state index contributed by atoms with van der Waals surface area (Å²) in [5, 5.41) is 2.87. The minimum Gasteiger partial charge on any atom is -0.308 e. The van der Waals surface area contributed by atoms with Gasteiger partial charge in [0.25, 0.3) is 0 Å². The van der Waals surface area contributed by atoms with E-state index in [9.17, 15) is 4.79 Å². The van der Waals surface area contributed by atoms with Gasteiger partial charge in [-0.25, -0.2) is 9.97 Å². The van der Waals surface area contributed by atoms with Gasteiger partial charge in [-0.2, -0.15) is 0 Å². The lowest BCUT2D eigenvalue weighted by Gasteiger charge is -2.03. The highest BCUT2D eigenvalue weighted by Gasteiger charge is 2.24. The molecular formula is C9H10ClN3O. The van der Waals surface area contributed by atoms with Crippen molar-refractivity contribution in [2.75, 3.05) is 5.32 Å². The number of hydrogen-bond donors (Lipinski definition) is 1. The average molecular weight is 212 g/mol. The third-order valence-electron chi connectivity index (χ3n) is 2.08. The molecule has 1 heterocycles. The average Bonchev–Trinajstić information content (AvgIpc) is 2.93. The first-order valence-electron chi connectivity index (χ1n) is 4.52. The summed E-state index contributed by atoms with van der Waals surface area (Å²) in [6, 6.07) is 0. The fourth-order valence-electron chi connectivity index (χ4n) is 1.17. The third kappa shape index (κ3) is 2.42. The quantitative estimate of drug-likeness (QED) is 0.831. The zero-order chi connectivity index (χ0) is 9.97. The largest absolute Gasteiger partial charge is 0.308 e. The van der Waals surface area contributed by atoms with Gasteiger partial charge in [-0.05, 0) is 18.8 Å². The van der Waals surface area contributed by atoms with Gasteiger partial charge in [0.2, 0.25) is 5.91 Å². The molecule has 0 aromatic carbocycles. The Labute approximate surface area is 86.7 Å². The number of anilines is 1.